The minimum atomic E-state index is -0.692. The van der Waals surface area contributed by atoms with Gasteiger partial charge in [-0.1, -0.05) is 43.5 Å². The Bertz CT molecular complexity index is 1000. The van der Waals surface area contributed by atoms with Gasteiger partial charge in [0.15, 0.2) is 34.6 Å². The summed E-state index contributed by atoms with van der Waals surface area (Å²) in [5.41, 5.74) is 1.60. The summed E-state index contributed by atoms with van der Waals surface area (Å²) in [6.45, 7) is 0. The summed E-state index contributed by atoms with van der Waals surface area (Å²) < 4.78 is 21.2. The van der Waals surface area contributed by atoms with Crippen molar-refractivity contribution in [1.82, 2.24) is 0 Å². The molecular formula is C29H34O6. The van der Waals surface area contributed by atoms with Crippen molar-refractivity contribution in [2.45, 2.75) is 32.1 Å². The summed E-state index contributed by atoms with van der Waals surface area (Å²) in [6.07, 6.45) is 11.5. The standard InChI is InChI=1S/C29H34O6/c1-32-25-16-12-20(18-27(25)34-3)10-14-23(30)29(22-8-6-5-7-9-22)24(31)15-11-21-13-17-26(33-2)28(19-21)35-4/h10-19,22,29H,5-9H2,1-4H3. The molecule has 1 saturated carbocycles. The molecule has 0 unspecified atom stereocenters. The van der Waals surface area contributed by atoms with Crippen molar-refractivity contribution in [3.05, 3.63) is 59.7 Å². The van der Waals surface area contributed by atoms with Gasteiger partial charge in [-0.2, -0.15) is 0 Å². The Morgan fingerprint density at radius 2 is 1.11 bits per heavy atom. The van der Waals surface area contributed by atoms with Crippen LogP contribution in [0.2, 0.25) is 0 Å². The van der Waals surface area contributed by atoms with Crippen molar-refractivity contribution in [3.8, 4) is 23.0 Å². The lowest BCUT2D eigenvalue weighted by Crippen LogP contribution is -2.31. The van der Waals surface area contributed by atoms with Crippen molar-refractivity contribution in [2.24, 2.45) is 11.8 Å². The van der Waals surface area contributed by atoms with Crippen LogP contribution in [0.25, 0.3) is 12.2 Å². The Labute approximate surface area is 207 Å². The van der Waals surface area contributed by atoms with Gasteiger partial charge in [0.05, 0.1) is 34.4 Å². The Hall–Kier alpha value is -3.54. The highest BCUT2D eigenvalue weighted by molar-refractivity contribution is 6.13. The van der Waals surface area contributed by atoms with Gasteiger partial charge in [-0.3, -0.25) is 9.59 Å². The van der Waals surface area contributed by atoms with Gasteiger partial charge in [-0.05, 0) is 66.3 Å². The number of hydrogen-bond donors (Lipinski definition) is 0. The third-order valence-electron chi connectivity index (χ3n) is 6.43. The highest BCUT2D eigenvalue weighted by Gasteiger charge is 2.32. The van der Waals surface area contributed by atoms with E-state index in [0.717, 1.165) is 43.2 Å². The average Bonchev–Trinajstić information content (AvgIpc) is 2.91. The van der Waals surface area contributed by atoms with Gasteiger partial charge in [0.1, 0.15) is 0 Å². The zero-order chi connectivity index (χ0) is 25.2. The Morgan fingerprint density at radius 3 is 1.51 bits per heavy atom. The highest BCUT2D eigenvalue weighted by atomic mass is 16.5. The van der Waals surface area contributed by atoms with Gasteiger partial charge in [-0.15, -0.1) is 0 Å². The van der Waals surface area contributed by atoms with Crippen molar-refractivity contribution in [2.75, 3.05) is 28.4 Å². The maximum atomic E-state index is 13.3. The first kappa shape index (κ1) is 26.1. The largest absolute Gasteiger partial charge is 0.493 e. The quantitative estimate of drug-likeness (QED) is 0.301. The van der Waals surface area contributed by atoms with Gasteiger partial charge >= 0.3 is 0 Å². The average molecular weight is 479 g/mol. The molecule has 6 nitrogen and oxygen atoms in total. The van der Waals surface area contributed by atoms with E-state index in [1.54, 1.807) is 64.9 Å². The van der Waals surface area contributed by atoms with Crippen LogP contribution in [-0.4, -0.2) is 40.0 Å². The summed E-state index contributed by atoms with van der Waals surface area (Å²) in [4.78, 5) is 26.6. The van der Waals surface area contributed by atoms with Gasteiger partial charge in [0.2, 0.25) is 0 Å². The predicted octanol–water partition coefficient (Wildman–Crippen LogP) is 5.78. The van der Waals surface area contributed by atoms with Crippen LogP contribution in [0.3, 0.4) is 0 Å². The number of benzene rings is 2. The van der Waals surface area contributed by atoms with E-state index < -0.39 is 5.92 Å². The maximum absolute atomic E-state index is 13.3. The topological polar surface area (TPSA) is 71.1 Å². The molecule has 0 atom stereocenters. The van der Waals surface area contributed by atoms with Crippen LogP contribution < -0.4 is 18.9 Å². The van der Waals surface area contributed by atoms with E-state index in [2.05, 4.69) is 0 Å². The number of ketones is 2. The molecule has 0 amide bonds. The van der Waals surface area contributed by atoms with Crippen LogP contribution in [0.5, 0.6) is 23.0 Å². The van der Waals surface area contributed by atoms with E-state index in [9.17, 15) is 9.59 Å². The van der Waals surface area contributed by atoms with Crippen LogP contribution in [-0.2, 0) is 9.59 Å². The first-order valence-corrected chi connectivity index (χ1v) is 11.9. The summed E-state index contributed by atoms with van der Waals surface area (Å²) in [6, 6.07) is 10.9. The van der Waals surface area contributed by atoms with Gasteiger partial charge in [0, 0.05) is 0 Å². The number of allylic oxidation sites excluding steroid dienone is 2. The lowest BCUT2D eigenvalue weighted by molar-refractivity contribution is -0.130. The first-order valence-electron chi connectivity index (χ1n) is 11.9. The minimum absolute atomic E-state index is 0.0499. The molecule has 1 aliphatic rings. The number of hydrogen-bond acceptors (Lipinski definition) is 6. The molecule has 0 bridgehead atoms. The van der Waals surface area contributed by atoms with E-state index in [1.807, 2.05) is 12.1 Å². The number of carbonyl (C=O) groups is 2. The molecule has 0 N–H and O–H groups in total. The molecule has 35 heavy (non-hydrogen) atoms. The predicted molar refractivity (Wildman–Crippen MR) is 137 cm³/mol. The first-order chi connectivity index (χ1) is 17.0. The van der Waals surface area contributed by atoms with E-state index in [1.165, 1.54) is 12.2 Å². The van der Waals surface area contributed by atoms with Gasteiger partial charge < -0.3 is 18.9 Å². The molecule has 6 heteroatoms. The summed E-state index contributed by atoms with van der Waals surface area (Å²) in [7, 11) is 6.29. The molecule has 1 fully saturated rings. The smallest absolute Gasteiger partial charge is 0.166 e. The molecule has 0 aromatic heterocycles. The molecule has 0 saturated heterocycles. The molecule has 0 aliphatic heterocycles. The van der Waals surface area contributed by atoms with Crippen LogP contribution in [0.15, 0.2) is 48.6 Å². The van der Waals surface area contributed by atoms with Gasteiger partial charge in [0.25, 0.3) is 0 Å². The fraction of sp³-hybridized carbons (Fsp3) is 0.379. The van der Waals surface area contributed by atoms with E-state index in [0.29, 0.717) is 23.0 Å². The zero-order valence-corrected chi connectivity index (χ0v) is 20.9. The highest BCUT2D eigenvalue weighted by Crippen LogP contribution is 2.33. The van der Waals surface area contributed by atoms with Crippen molar-refractivity contribution in [1.29, 1.82) is 0 Å². The lowest BCUT2D eigenvalue weighted by Gasteiger charge is -2.27. The number of ether oxygens (including phenoxy) is 4. The SMILES string of the molecule is COc1ccc(C=CC(=O)C(C(=O)C=Cc2ccc(OC)c(OC)c2)C2CCCCC2)cc1OC. The van der Waals surface area contributed by atoms with Gasteiger partial charge in [-0.25, -0.2) is 0 Å². The number of rotatable bonds is 11. The molecule has 3 rings (SSSR count). The molecule has 186 valence electrons. The fourth-order valence-corrected chi connectivity index (χ4v) is 4.55. The second-order valence-corrected chi connectivity index (χ2v) is 8.58. The van der Waals surface area contributed by atoms with Crippen LogP contribution in [0, 0.1) is 11.8 Å². The molecule has 0 spiro atoms. The minimum Gasteiger partial charge on any atom is -0.493 e. The third-order valence-corrected chi connectivity index (χ3v) is 6.43. The Morgan fingerprint density at radius 1 is 0.686 bits per heavy atom. The fourth-order valence-electron chi connectivity index (χ4n) is 4.55. The second kappa shape index (κ2) is 12.8. The molecule has 2 aromatic carbocycles. The normalized spacial score (nSPS) is 15.2. The monoisotopic (exact) mass is 478 g/mol. The maximum Gasteiger partial charge on any atom is 0.166 e. The van der Waals surface area contributed by atoms with E-state index in [4.69, 9.17) is 18.9 Å². The Kier molecular flexibility index (Phi) is 9.53. The van der Waals surface area contributed by atoms with E-state index in [-0.39, 0.29) is 17.5 Å². The van der Waals surface area contributed by atoms with Crippen molar-refractivity contribution >= 4 is 23.7 Å². The Balaban J connectivity index is 1.82. The molecule has 0 radical (unpaired) electrons. The van der Waals surface area contributed by atoms with E-state index >= 15 is 0 Å². The second-order valence-electron chi connectivity index (χ2n) is 8.58. The number of methoxy groups -OCH3 is 4. The van der Waals surface area contributed by atoms with Crippen LogP contribution in [0.1, 0.15) is 43.2 Å². The summed E-state index contributed by atoms with van der Waals surface area (Å²) in [5.74, 6) is 1.41. The molecule has 2 aromatic rings. The number of carbonyl (C=O) groups excluding carboxylic acids is 2. The molecular weight excluding hydrogens is 444 g/mol. The summed E-state index contributed by atoms with van der Waals surface area (Å²) in [5, 5.41) is 0. The summed E-state index contributed by atoms with van der Waals surface area (Å²) >= 11 is 0. The molecule has 0 heterocycles. The van der Waals surface area contributed by atoms with Crippen molar-refractivity contribution in [3.63, 3.8) is 0 Å². The zero-order valence-electron chi connectivity index (χ0n) is 20.9. The van der Waals surface area contributed by atoms with Crippen molar-refractivity contribution < 1.29 is 28.5 Å². The third kappa shape index (κ3) is 6.75. The van der Waals surface area contributed by atoms with Crippen LogP contribution in [0.4, 0.5) is 0 Å². The molecule has 1 aliphatic carbocycles. The lowest BCUT2D eigenvalue weighted by atomic mass is 9.76. The van der Waals surface area contributed by atoms with Crippen LogP contribution >= 0.6 is 0 Å².